The van der Waals surface area contributed by atoms with Crippen molar-refractivity contribution in [3.05, 3.63) is 215 Å². The van der Waals surface area contributed by atoms with Crippen molar-refractivity contribution in [3.63, 3.8) is 0 Å². The topological polar surface area (TPSA) is 6.48 Å². The van der Waals surface area contributed by atoms with Gasteiger partial charge in [0.05, 0.1) is 22.7 Å². The predicted molar refractivity (Wildman–Crippen MR) is 305 cm³/mol. The summed E-state index contributed by atoms with van der Waals surface area (Å²) in [6, 6.07) is 68.9. The zero-order chi connectivity index (χ0) is 49.2. The molecule has 2 heteroatoms. The highest BCUT2D eigenvalue weighted by molar-refractivity contribution is 6.29. The molecule has 0 amide bonds. The molecule has 2 nitrogen and oxygen atoms in total. The highest BCUT2D eigenvalue weighted by atomic mass is 15.2. The molecule has 0 aliphatic carbocycles. The molecule has 70 heavy (non-hydrogen) atoms. The molecule has 0 spiro atoms. The molecule has 350 valence electrons. The molecular weight excluding hydrogens is 845 g/mol. The number of aryl methyl sites for hydroxylation is 2. The summed E-state index contributed by atoms with van der Waals surface area (Å²) in [7, 11) is 0. The van der Waals surface area contributed by atoms with Gasteiger partial charge in [0.2, 0.25) is 0 Å². The number of rotatable bonds is 10. The third-order valence-corrected chi connectivity index (χ3v) is 14.5. The number of benzene rings is 10. The second kappa shape index (κ2) is 18.0. The highest BCUT2D eigenvalue weighted by Gasteiger charge is 2.31. The predicted octanol–water partition coefficient (Wildman–Crippen LogP) is 20.3. The Balaban J connectivity index is 1.35. The lowest BCUT2D eigenvalue weighted by molar-refractivity contribution is 0.591. The number of nitrogens with zero attached hydrogens (tertiary/aromatic N) is 2. The van der Waals surface area contributed by atoms with Crippen molar-refractivity contribution in [2.24, 2.45) is 0 Å². The first-order chi connectivity index (χ1) is 33.5. The van der Waals surface area contributed by atoms with Gasteiger partial charge in [0.15, 0.2) is 0 Å². The molecular formula is C68H68N2. The Morgan fingerprint density at radius 3 is 1.04 bits per heavy atom. The Hall–Kier alpha value is -7.16. The van der Waals surface area contributed by atoms with Crippen molar-refractivity contribution in [1.29, 1.82) is 0 Å². The molecule has 0 aliphatic heterocycles. The van der Waals surface area contributed by atoms with Crippen LogP contribution < -0.4 is 9.80 Å². The van der Waals surface area contributed by atoms with E-state index in [2.05, 4.69) is 275 Å². The van der Waals surface area contributed by atoms with Crippen molar-refractivity contribution in [3.8, 4) is 22.3 Å². The van der Waals surface area contributed by atoms with E-state index in [9.17, 15) is 0 Å². The molecule has 0 fully saturated rings. The molecule has 10 aromatic rings. The fourth-order valence-electron chi connectivity index (χ4n) is 11.0. The molecule has 0 radical (unpaired) electrons. The van der Waals surface area contributed by atoms with Gasteiger partial charge in [0, 0.05) is 22.1 Å². The number of anilines is 6. The second-order valence-electron chi connectivity index (χ2n) is 22.4. The van der Waals surface area contributed by atoms with E-state index in [1.54, 1.807) is 0 Å². The first kappa shape index (κ1) is 46.6. The highest BCUT2D eigenvalue weighted by Crippen LogP contribution is 2.53. The Morgan fingerprint density at radius 2 is 0.700 bits per heavy atom. The summed E-state index contributed by atoms with van der Waals surface area (Å²) in [4.78, 5) is 5.18. The Bertz CT molecular complexity index is 3290. The Labute approximate surface area is 417 Å². The monoisotopic (exact) mass is 913 g/mol. The summed E-state index contributed by atoms with van der Waals surface area (Å²) in [5, 5.41) is 7.79. The van der Waals surface area contributed by atoms with Crippen LogP contribution >= 0.6 is 0 Å². The molecule has 0 saturated carbocycles. The minimum absolute atomic E-state index is 0.138. The third-order valence-electron chi connectivity index (χ3n) is 14.5. The summed E-state index contributed by atoms with van der Waals surface area (Å²) >= 11 is 0. The van der Waals surface area contributed by atoms with Crippen LogP contribution in [0.25, 0.3) is 54.6 Å². The van der Waals surface area contributed by atoms with Gasteiger partial charge in [0.25, 0.3) is 0 Å². The first-order valence-electron chi connectivity index (χ1n) is 25.4. The zero-order valence-corrected chi connectivity index (χ0v) is 43.4. The lowest BCUT2D eigenvalue weighted by Gasteiger charge is -2.35. The van der Waals surface area contributed by atoms with Crippen LogP contribution in [0.15, 0.2) is 182 Å². The summed E-state index contributed by atoms with van der Waals surface area (Å²) in [5.74, 6) is 0.534. The minimum atomic E-state index is -0.138. The van der Waals surface area contributed by atoms with Crippen LogP contribution in [0.5, 0.6) is 0 Å². The fourth-order valence-corrected chi connectivity index (χ4v) is 11.0. The van der Waals surface area contributed by atoms with Gasteiger partial charge in [-0.1, -0.05) is 203 Å². The Kier molecular flexibility index (Phi) is 12.0. The van der Waals surface area contributed by atoms with Crippen molar-refractivity contribution in [2.75, 3.05) is 9.80 Å². The van der Waals surface area contributed by atoms with E-state index in [-0.39, 0.29) is 22.7 Å². The minimum Gasteiger partial charge on any atom is -0.310 e. The van der Waals surface area contributed by atoms with E-state index in [1.165, 1.54) is 111 Å². The van der Waals surface area contributed by atoms with E-state index in [0.29, 0.717) is 0 Å². The lowest BCUT2D eigenvalue weighted by atomic mass is 9.82. The maximum absolute atomic E-state index is 2.59. The third kappa shape index (κ3) is 8.42. The molecule has 0 saturated heterocycles. The molecule has 10 rings (SSSR count). The van der Waals surface area contributed by atoms with Crippen LogP contribution in [-0.2, 0) is 10.8 Å². The molecule has 0 unspecified atom stereocenters. The molecule has 0 aromatic heterocycles. The SMILES string of the molecule is Cc1cccc(N(c2cc(-c3ccccc3)ccc2C(C)(C)C)c2cc(C(C)C)c3ccc4c(N(c5cccc(C)c5)c5cc(-c6ccccc6)ccc5C(C)(C)C)cc(C(C)C)c5ccc2c3c54)c1. The number of hydrogen-bond donors (Lipinski definition) is 0. The van der Waals surface area contributed by atoms with Gasteiger partial charge in [-0.25, -0.2) is 0 Å². The molecule has 10 aromatic carbocycles. The van der Waals surface area contributed by atoms with Gasteiger partial charge in [-0.15, -0.1) is 0 Å². The van der Waals surface area contributed by atoms with Crippen LogP contribution in [0.4, 0.5) is 34.1 Å². The average Bonchev–Trinajstić information content (AvgIpc) is 3.33. The van der Waals surface area contributed by atoms with Crippen LogP contribution in [0.2, 0.25) is 0 Å². The van der Waals surface area contributed by atoms with Gasteiger partial charge < -0.3 is 9.80 Å². The van der Waals surface area contributed by atoms with Crippen LogP contribution in [0.3, 0.4) is 0 Å². The molecule has 0 bridgehead atoms. The lowest BCUT2D eigenvalue weighted by Crippen LogP contribution is -2.20. The van der Waals surface area contributed by atoms with Crippen molar-refractivity contribution >= 4 is 66.4 Å². The molecule has 0 atom stereocenters. The van der Waals surface area contributed by atoms with Gasteiger partial charge in [-0.3, -0.25) is 0 Å². The molecule has 0 aliphatic rings. The molecule has 0 heterocycles. The van der Waals surface area contributed by atoms with Gasteiger partial charge in [0.1, 0.15) is 0 Å². The van der Waals surface area contributed by atoms with Crippen LogP contribution in [-0.4, -0.2) is 0 Å². The maximum atomic E-state index is 2.59. The first-order valence-corrected chi connectivity index (χ1v) is 25.4. The van der Waals surface area contributed by atoms with Crippen LogP contribution in [0.1, 0.15) is 114 Å². The van der Waals surface area contributed by atoms with Crippen molar-refractivity contribution in [2.45, 2.75) is 106 Å². The van der Waals surface area contributed by atoms with E-state index in [0.717, 1.165) is 11.4 Å². The van der Waals surface area contributed by atoms with Crippen LogP contribution in [0, 0.1) is 13.8 Å². The fraction of sp³-hybridized carbons (Fsp3) is 0.235. The Morgan fingerprint density at radius 1 is 0.329 bits per heavy atom. The van der Waals surface area contributed by atoms with Crippen molar-refractivity contribution < 1.29 is 0 Å². The standard InChI is InChI=1S/C68H68N2/c1-43(2)57-41-61(69(51-27-19-21-45(5)37-51)63-39-49(47-23-15-13-16-24-47)29-35-59(63)67(7,8)9)55-34-32-54-58(44(3)4)42-62(56-33-31-53(57)65(55)66(54)56)70(52-28-20-22-46(6)38-52)64-40-50(48-25-17-14-18-26-48)30-36-60(64)68(10,11)12/h13-44H,1-12H3. The maximum Gasteiger partial charge on any atom is 0.0543 e. The summed E-state index contributed by atoms with van der Waals surface area (Å²) < 4.78 is 0. The smallest absolute Gasteiger partial charge is 0.0543 e. The van der Waals surface area contributed by atoms with Gasteiger partial charge in [-0.05, 0) is 162 Å². The van der Waals surface area contributed by atoms with E-state index in [1.807, 2.05) is 0 Å². The van der Waals surface area contributed by atoms with E-state index in [4.69, 9.17) is 0 Å². The quantitative estimate of drug-likeness (QED) is 0.126. The largest absolute Gasteiger partial charge is 0.310 e. The second-order valence-corrected chi connectivity index (χ2v) is 22.4. The average molecular weight is 913 g/mol. The summed E-state index contributed by atoms with van der Waals surface area (Å²) in [5.41, 5.74) is 19.4. The van der Waals surface area contributed by atoms with E-state index < -0.39 is 0 Å². The van der Waals surface area contributed by atoms with Gasteiger partial charge >= 0.3 is 0 Å². The zero-order valence-electron chi connectivity index (χ0n) is 43.4. The summed E-state index contributed by atoms with van der Waals surface area (Å²) in [6.07, 6.45) is 0. The summed E-state index contributed by atoms with van der Waals surface area (Å²) in [6.45, 7) is 28.0. The van der Waals surface area contributed by atoms with E-state index >= 15 is 0 Å². The van der Waals surface area contributed by atoms with Gasteiger partial charge in [-0.2, -0.15) is 0 Å². The van der Waals surface area contributed by atoms with Crippen molar-refractivity contribution in [1.82, 2.24) is 0 Å². The normalized spacial score (nSPS) is 12.3. The number of hydrogen-bond acceptors (Lipinski definition) is 2. The molecule has 0 N–H and O–H groups in total.